The fraction of sp³-hybridized carbons (Fsp3) is 0.533. The predicted octanol–water partition coefficient (Wildman–Crippen LogP) is 2.59. The highest BCUT2D eigenvalue weighted by molar-refractivity contribution is 5.85. The van der Waals surface area contributed by atoms with Gasteiger partial charge in [-0.1, -0.05) is 12.1 Å². The van der Waals surface area contributed by atoms with Gasteiger partial charge < -0.3 is 15.4 Å². The molecule has 1 unspecified atom stereocenters. The lowest BCUT2D eigenvalue weighted by Gasteiger charge is -2.30. The van der Waals surface area contributed by atoms with E-state index < -0.39 is 6.61 Å². The van der Waals surface area contributed by atoms with Gasteiger partial charge in [0.15, 0.2) is 0 Å². The molecule has 1 heterocycles. The molecule has 1 amide bonds. The molecule has 0 saturated carbocycles. The summed E-state index contributed by atoms with van der Waals surface area (Å²) in [6, 6.07) is 6.46. The number of hydrogen-bond donors (Lipinski definition) is 1. The van der Waals surface area contributed by atoms with Crippen LogP contribution in [-0.2, 0) is 11.2 Å². The van der Waals surface area contributed by atoms with Crippen LogP contribution in [0.3, 0.4) is 0 Å². The van der Waals surface area contributed by atoms with E-state index in [1.807, 2.05) is 4.90 Å². The average molecular weight is 335 g/mol. The van der Waals surface area contributed by atoms with Gasteiger partial charge in [-0.25, -0.2) is 0 Å². The van der Waals surface area contributed by atoms with Crippen LogP contribution in [0.1, 0.15) is 24.8 Å². The van der Waals surface area contributed by atoms with Crippen molar-refractivity contribution in [1.82, 2.24) is 4.90 Å². The fourth-order valence-corrected chi connectivity index (χ4v) is 2.48. The van der Waals surface area contributed by atoms with Gasteiger partial charge in [-0.2, -0.15) is 8.78 Å². The number of likely N-dealkylation sites (tertiary alicyclic amines) is 1. The Morgan fingerprint density at radius 3 is 2.64 bits per heavy atom. The van der Waals surface area contributed by atoms with Crippen molar-refractivity contribution in [1.29, 1.82) is 0 Å². The molecule has 1 saturated heterocycles. The summed E-state index contributed by atoms with van der Waals surface area (Å²) in [4.78, 5) is 13.9. The van der Waals surface area contributed by atoms with Crippen molar-refractivity contribution < 1.29 is 18.3 Å². The summed E-state index contributed by atoms with van der Waals surface area (Å²) in [7, 11) is 0. The van der Waals surface area contributed by atoms with Crippen molar-refractivity contribution in [3.05, 3.63) is 29.8 Å². The number of piperidine rings is 1. The summed E-state index contributed by atoms with van der Waals surface area (Å²) in [6.45, 7) is -1.42. The van der Waals surface area contributed by atoms with E-state index in [9.17, 15) is 13.6 Å². The third-order valence-corrected chi connectivity index (χ3v) is 3.59. The predicted molar refractivity (Wildman–Crippen MR) is 82.4 cm³/mol. The van der Waals surface area contributed by atoms with Crippen molar-refractivity contribution in [2.24, 2.45) is 5.73 Å². The molecular weight excluding hydrogens is 314 g/mol. The summed E-state index contributed by atoms with van der Waals surface area (Å²) >= 11 is 0. The standard InChI is InChI=1S/C15H20F2N2O2.ClH/c16-15(17)21-13-6-3-11(4-7-13)5-8-14(20)19-9-1-2-12(18)10-19;/h3-4,6-7,12,15H,1-2,5,8-10,18H2;1H. The number of ether oxygens (including phenoxy) is 1. The Labute approximate surface area is 135 Å². The number of carbonyl (C=O) groups is 1. The summed E-state index contributed by atoms with van der Waals surface area (Å²) in [5.41, 5.74) is 6.78. The van der Waals surface area contributed by atoms with E-state index >= 15 is 0 Å². The van der Waals surface area contributed by atoms with Crippen molar-refractivity contribution in [3.8, 4) is 5.75 Å². The maximum Gasteiger partial charge on any atom is 0.387 e. The molecule has 0 aliphatic carbocycles. The molecule has 7 heteroatoms. The molecule has 1 aromatic rings. The molecule has 0 bridgehead atoms. The molecule has 0 spiro atoms. The van der Waals surface area contributed by atoms with Crippen LogP contribution in [-0.4, -0.2) is 36.5 Å². The first-order valence-corrected chi connectivity index (χ1v) is 7.11. The van der Waals surface area contributed by atoms with Crippen molar-refractivity contribution in [2.75, 3.05) is 13.1 Å². The topological polar surface area (TPSA) is 55.6 Å². The monoisotopic (exact) mass is 334 g/mol. The van der Waals surface area contributed by atoms with Crippen LogP contribution in [0.25, 0.3) is 0 Å². The minimum atomic E-state index is -2.82. The zero-order chi connectivity index (χ0) is 15.2. The number of aryl methyl sites for hydroxylation is 1. The van der Waals surface area contributed by atoms with Crippen molar-refractivity contribution in [2.45, 2.75) is 38.3 Å². The highest BCUT2D eigenvalue weighted by Crippen LogP contribution is 2.16. The molecular formula is C15H21ClF2N2O2. The number of benzene rings is 1. The Kier molecular flexibility index (Phi) is 7.55. The van der Waals surface area contributed by atoms with Gasteiger partial charge in [0.25, 0.3) is 0 Å². The highest BCUT2D eigenvalue weighted by Gasteiger charge is 2.20. The zero-order valence-electron chi connectivity index (χ0n) is 12.2. The lowest BCUT2D eigenvalue weighted by molar-refractivity contribution is -0.132. The molecule has 1 aliphatic rings. The molecule has 1 atom stereocenters. The van der Waals surface area contributed by atoms with Crippen LogP contribution in [0.15, 0.2) is 24.3 Å². The maximum atomic E-state index is 12.1. The number of hydrogen-bond acceptors (Lipinski definition) is 3. The van der Waals surface area contributed by atoms with Crippen LogP contribution in [0.4, 0.5) is 8.78 Å². The van der Waals surface area contributed by atoms with Gasteiger partial charge in [0, 0.05) is 25.6 Å². The Balaban J connectivity index is 0.00000242. The summed E-state index contributed by atoms with van der Waals surface area (Å²) < 4.78 is 28.3. The molecule has 4 nitrogen and oxygen atoms in total. The molecule has 0 aromatic heterocycles. The molecule has 0 radical (unpaired) electrons. The van der Waals surface area contributed by atoms with Gasteiger partial charge in [0.1, 0.15) is 5.75 Å². The van der Waals surface area contributed by atoms with Gasteiger partial charge in [0.05, 0.1) is 0 Å². The summed E-state index contributed by atoms with van der Waals surface area (Å²) in [6.07, 6.45) is 2.91. The second-order valence-electron chi connectivity index (χ2n) is 5.26. The molecule has 2 N–H and O–H groups in total. The van der Waals surface area contributed by atoms with Gasteiger partial charge >= 0.3 is 6.61 Å². The Morgan fingerprint density at radius 2 is 2.05 bits per heavy atom. The Hall–Kier alpha value is -1.40. The van der Waals surface area contributed by atoms with E-state index in [1.54, 1.807) is 12.1 Å². The molecule has 2 rings (SSSR count). The van der Waals surface area contributed by atoms with E-state index in [0.717, 1.165) is 24.9 Å². The van der Waals surface area contributed by atoms with Crippen LogP contribution in [0.2, 0.25) is 0 Å². The average Bonchev–Trinajstić information content (AvgIpc) is 2.45. The lowest BCUT2D eigenvalue weighted by Crippen LogP contribution is -2.45. The van der Waals surface area contributed by atoms with E-state index in [2.05, 4.69) is 4.74 Å². The number of nitrogens with two attached hydrogens (primary N) is 1. The first-order chi connectivity index (χ1) is 10.0. The smallest absolute Gasteiger partial charge is 0.387 e. The first-order valence-electron chi connectivity index (χ1n) is 7.11. The fourth-order valence-electron chi connectivity index (χ4n) is 2.48. The third kappa shape index (κ3) is 5.77. The maximum absolute atomic E-state index is 12.1. The number of nitrogens with zero attached hydrogens (tertiary/aromatic N) is 1. The second-order valence-corrected chi connectivity index (χ2v) is 5.26. The molecule has 1 aromatic carbocycles. The summed E-state index contributed by atoms with van der Waals surface area (Å²) in [5.74, 6) is 0.222. The van der Waals surface area contributed by atoms with Gasteiger partial charge in [-0.15, -0.1) is 12.4 Å². The largest absolute Gasteiger partial charge is 0.435 e. The second kappa shape index (κ2) is 8.90. The van der Waals surface area contributed by atoms with E-state index in [-0.39, 0.29) is 30.1 Å². The van der Waals surface area contributed by atoms with Crippen LogP contribution < -0.4 is 10.5 Å². The number of rotatable bonds is 5. The van der Waals surface area contributed by atoms with Gasteiger partial charge in [0.2, 0.25) is 5.91 Å². The molecule has 1 aliphatic heterocycles. The quantitative estimate of drug-likeness (QED) is 0.900. The lowest BCUT2D eigenvalue weighted by atomic mass is 10.0. The Bertz CT molecular complexity index is 471. The number of halogens is 3. The van der Waals surface area contributed by atoms with Gasteiger partial charge in [-0.3, -0.25) is 4.79 Å². The minimum absolute atomic E-state index is 0. The zero-order valence-corrected chi connectivity index (χ0v) is 13.0. The third-order valence-electron chi connectivity index (χ3n) is 3.59. The number of carbonyl (C=O) groups excluding carboxylic acids is 1. The van der Waals surface area contributed by atoms with Crippen molar-refractivity contribution >= 4 is 18.3 Å². The first kappa shape index (κ1) is 18.6. The van der Waals surface area contributed by atoms with Crippen LogP contribution in [0, 0.1) is 0 Å². The number of alkyl halides is 2. The highest BCUT2D eigenvalue weighted by atomic mass is 35.5. The van der Waals surface area contributed by atoms with E-state index in [4.69, 9.17) is 5.73 Å². The molecule has 22 heavy (non-hydrogen) atoms. The molecule has 1 fully saturated rings. The van der Waals surface area contributed by atoms with E-state index in [1.165, 1.54) is 12.1 Å². The summed E-state index contributed by atoms with van der Waals surface area (Å²) in [5, 5.41) is 0. The van der Waals surface area contributed by atoms with Crippen LogP contribution in [0.5, 0.6) is 5.75 Å². The SMILES string of the molecule is Cl.NC1CCCN(C(=O)CCc2ccc(OC(F)F)cc2)C1. The normalized spacial score (nSPS) is 18.0. The van der Waals surface area contributed by atoms with Gasteiger partial charge in [-0.05, 0) is 37.0 Å². The minimum Gasteiger partial charge on any atom is -0.435 e. The van der Waals surface area contributed by atoms with Crippen LogP contribution >= 0.6 is 12.4 Å². The Morgan fingerprint density at radius 1 is 1.36 bits per heavy atom. The molecule has 124 valence electrons. The number of amides is 1. The van der Waals surface area contributed by atoms with E-state index in [0.29, 0.717) is 19.4 Å². The van der Waals surface area contributed by atoms with Crippen molar-refractivity contribution in [3.63, 3.8) is 0 Å².